The van der Waals surface area contributed by atoms with Crippen LogP contribution < -0.4 is 5.32 Å². The molecule has 6 nitrogen and oxygen atoms in total. The molecule has 0 radical (unpaired) electrons. The molecule has 3 atom stereocenters. The molecule has 8 heteroatoms. The summed E-state index contributed by atoms with van der Waals surface area (Å²) in [6.07, 6.45) is 3.34. The van der Waals surface area contributed by atoms with E-state index in [9.17, 15) is 8.42 Å². The maximum Gasteiger partial charge on any atom is 0.179 e. The van der Waals surface area contributed by atoms with E-state index in [-0.39, 0.29) is 17.8 Å². The van der Waals surface area contributed by atoms with E-state index in [0.29, 0.717) is 16.3 Å². The van der Waals surface area contributed by atoms with Crippen LogP contribution in [0, 0.1) is 0 Å². The summed E-state index contributed by atoms with van der Waals surface area (Å²) < 4.78 is 27.1. The van der Waals surface area contributed by atoms with Gasteiger partial charge in [-0.25, -0.2) is 8.42 Å². The van der Waals surface area contributed by atoms with Gasteiger partial charge in [-0.3, -0.25) is 4.68 Å². The number of benzene rings is 1. The fraction of sp³-hybridized carbons (Fsp3) is 0.500. The van der Waals surface area contributed by atoms with Crippen molar-refractivity contribution in [3.05, 3.63) is 40.7 Å². The number of rotatable bonds is 1. The lowest BCUT2D eigenvalue weighted by Crippen LogP contribution is -2.47. The van der Waals surface area contributed by atoms with Gasteiger partial charge < -0.3 is 5.32 Å². The predicted octanol–water partition coefficient (Wildman–Crippen LogP) is 2.01. The first-order valence-electron chi connectivity index (χ1n) is 7.94. The molecular formula is C16H19ClN4O2S. The smallest absolute Gasteiger partial charge is 0.179 e. The predicted molar refractivity (Wildman–Crippen MR) is 90.8 cm³/mol. The Kier molecular flexibility index (Phi) is 3.53. The monoisotopic (exact) mass is 366 g/mol. The third-order valence-corrected chi connectivity index (χ3v) is 7.25. The van der Waals surface area contributed by atoms with Gasteiger partial charge in [-0.15, -0.1) is 5.10 Å². The van der Waals surface area contributed by atoms with Gasteiger partial charge in [0.15, 0.2) is 9.84 Å². The van der Waals surface area contributed by atoms with E-state index < -0.39 is 15.3 Å². The number of aromatic nitrogens is 3. The molecule has 2 aromatic rings. The molecule has 3 heterocycles. The molecule has 2 aliphatic rings. The first kappa shape index (κ1) is 16.1. The van der Waals surface area contributed by atoms with Crippen molar-refractivity contribution in [3.8, 4) is 0 Å². The van der Waals surface area contributed by atoms with Crippen LogP contribution in [0.5, 0.6) is 0 Å². The number of aryl methyl sites for hydroxylation is 1. The zero-order valence-electron chi connectivity index (χ0n) is 13.5. The van der Waals surface area contributed by atoms with Crippen LogP contribution in [0.3, 0.4) is 0 Å². The van der Waals surface area contributed by atoms with Crippen molar-refractivity contribution in [2.75, 3.05) is 5.75 Å². The molecule has 128 valence electrons. The van der Waals surface area contributed by atoms with Crippen LogP contribution in [0.1, 0.15) is 37.1 Å². The summed E-state index contributed by atoms with van der Waals surface area (Å²) in [6, 6.07) is 5.42. The highest BCUT2D eigenvalue weighted by atomic mass is 35.5. The molecule has 1 unspecified atom stereocenters. The Morgan fingerprint density at radius 1 is 1.38 bits per heavy atom. The van der Waals surface area contributed by atoms with E-state index in [0.717, 1.165) is 17.7 Å². The van der Waals surface area contributed by atoms with Gasteiger partial charge in [0.05, 0.1) is 22.4 Å². The van der Waals surface area contributed by atoms with E-state index in [4.69, 9.17) is 11.6 Å². The number of piperidine rings is 1. The second kappa shape index (κ2) is 5.28. The highest BCUT2D eigenvalue weighted by Gasteiger charge is 2.51. The fourth-order valence-corrected chi connectivity index (χ4v) is 6.72. The number of fused-ring (bicyclic) bond motifs is 2. The maximum atomic E-state index is 12.7. The van der Waals surface area contributed by atoms with Gasteiger partial charge in [-0.05, 0) is 37.5 Å². The molecular weight excluding hydrogens is 348 g/mol. The average molecular weight is 367 g/mol. The first-order valence-corrected chi connectivity index (χ1v) is 9.97. The quantitative estimate of drug-likeness (QED) is 0.835. The summed E-state index contributed by atoms with van der Waals surface area (Å²) in [5, 5.41) is 12.2. The molecule has 4 rings (SSSR count). The van der Waals surface area contributed by atoms with Crippen molar-refractivity contribution in [2.24, 2.45) is 7.05 Å². The SMILES string of the molecule is C[C@H]1CC2(C[C@@H](c3cn(C)nn3)N1)CS(=O)(=O)c1cc(Cl)ccc12. The summed E-state index contributed by atoms with van der Waals surface area (Å²) in [5.74, 6) is 0.137. The van der Waals surface area contributed by atoms with E-state index in [1.54, 1.807) is 16.8 Å². The number of hydrogen-bond donors (Lipinski definition) is 1. The molecule has 1 spiro atoms. The van der Waals surface area contributed by atoms with Gasteiger partial charge in [0, 0.05) is 29.7 Å². The van der Waals surface area contributed by atoms with E-state index >= 15 is 0 Å². The molecule has 1 N–H and O–H groups in total. The Balaban J connectivity index is 1.80. The third kappa shape index (κ3) is 2.46. The fourth-order valence-electron chi connectivity index (χ4n) is 4.28. The Labute approximate surface area is 146 Å². The van der Waals surface area contributed by atoms with Crippen molar-refractivity contribution in [2.45, 2.75) is 42.2 Å². The third-order valence-electron chi connectivity index (χ3n) is 5.07. The summed E-state index contributed by atoms with van der Waals surface area (Å²) in [5.41, 5.74) is 1.35. The van der Waals surface area contributed by atoms with Gasteiger partial charge in [-0.1, -0.05) is 22.9 Å². The normalized spacial score (nSPS) is 31.3. The number of sulfone groups is 1. The minimum absolute atomic E-state index is 0.0146. The second-order valence-corrected chi connectivity index (χ2v) is 9.42. The molecule has 1 fully saturated rings. The van der Waals surface area contributed by atoms with Gasteiger partial charge in [-0.2, -0.15) is 0 Å². The van der Waals surface area contributed by atoms with Crippen LogP contribution in [0.15, 0.2) is 29.3 Å². The zero-order valence-corrected chi connectivity index (χ0v) is 15.1. The molecule has 24 heavy (non-hydrogen) atoms. The van der Waals surface area contributed by atoms with Gasteiger partial charge in [0.1, 0.15) is 0 Å². The van der Waals surface area contributed by atoms with E-state index in [1.165, 1.54) is 0 Å². The Hall–Kier alpha value is -1.44. The second-order valence-electron chi connectivity index (χ2n) is 7.03. The van der Waals surface area contributed by atoms with Gasteiger partial charge >= 0.3 is 0 Å². The molecule has 1 aromatic carbocycles. The van der Waals surface area contributed by atoms with Crippen LogP contribution >= 0.6 is 11.6 Å². The zero-order chi connectivity index (χ0) is 17.1. The standard InChI is InChI=1S/C16H19ClN4O2S/c1-10-6-16(7-13(18-10)14-8-21(2)20-19-14)9-24(22,23)15-5-11(17)3-4-12(15)16/h3-5,8,10,13,18H,6-7,9H2,1-2H3/t10-,13-,16?/m0/s1. The van der Waals surface area contributed by atoms with E-state index in [2.05, 4.69) is 22.6 Å². The molecule has 0 aliphatic carbocycles. The van der Waals surface area contributed by atoms with Crippen molar-refractivity contribution in [1.82, 2.24) is 20.3 Å². The number of halogens is 1. The molecule has 0 bridgehead atoms. The number of nitrogens with zero attached hydrogens (tertiary/aromatic N) is 3. The maximum absolute atomic E-state index is 12.7. The summed E-state index contributed by atoms with van der Waals surface area (Å²) >= 11 is 6.04. The van der Waals surface area contributed by atoms with Crippen LogP contribution in [-0.4, -0.2) is 35.2 Å². The summed E-state index contributed by atoms with van der Waals surface area (Å²) in [7, 11) is -1.48. The lowest BCUT2D eigenvalue weighted by Gasteiger charge is -2.41. The lowest BCUT2D eigenvalue weighted by molar-refractivity contribution is 0.228. The Bertz CT molecular complexity index is 911. The molecule has 0 amide bonds. The van der Waals surface area contributed by atoms with Crippen LogP contribution in [-0.2, 0) is 22.3 Å². The highest BCUT2D eigenvalue weighted by molar-refractivity contribution is 7.91. The molecule has 0 saturated carbocycles. The molecule has 1 saturated heterocycles. The molecule has 1 aromatic heterocycles. The van der Waals surface area contributed by atoms with Crippen molar-refractivity contribution < 1.29 is 8.42 Å². The average Bonchev–Trinajstić information content (AvgIpc) is 2.99. The van der Waals surface area contributed by atoms with Crippen LogP contribution in [0.25, 0.3) is 0 Å². The topological polar surface area (TPSA) is 76.9 Å². The van der Waals surface area contributed by atoms with Gasteiger partial charge in [0.2, 0.25) is 0 Å². The van der Waals surface area contributed by atoms with Crippen molar-refractivity contribution in [1.29, 1.82) is 0 Å². The summed E-state index contributed by atoms with van der Waals surface area (Å²) in [4.78, 5) is 0.391. The first-order chi connectivity index (χ1) is 11.3. The highest BCUT2D eigenvalue weighted by Crippen LogP contribution is 2.50. The minimum Gasteiger partial charge on any atom is -0.306 e. The largest absolute Gasteiger partial charge is 0.306 e. The minimum atomic E-state index is -3.31. The van der Waals surface area contributed by atoms with Crippen LogP contribution in [0.2, 0.25) is 5.02 Å². The van der Waals surface area contributed by atoms with Crippen molar-refractivity contribution >= 4 is 21.4 Å². The molecule has 2 aliphatic heterocycles. The Morgan fingerprint density at radius 2 is 2.17 bits per heavy atom. The van der Waals surface area contributed by atoms with E-state index in [1.807, 2.05) is 19.3 Å². The lowest BCUT2D eigenvalue weighted by atomic mass is 9.70. The van der Waals surface area contributed by atoms with Crippen LogP contribution in [0.4, 0.5) is 0 Å². The number of nitrogens with one attached hydrogen (secondary N) is 1. The van der Waals surface area contributed by atoms with Gasteiger partial charge in [0.25, 0.3) is 0 Å². The van der Waals surface area contributed by atoms with Crippen molar-refractivity contribution in [3.63, 3.8) is 0 Å². The Morgan fingerprint density at radius 3 is 2.88 bits per heavy atom. The number of hydrogen-bond acceptors (Lipinski definition) is 5. The summed E-state index contributed by atoms with van der Waals surface area (Å²) in [6.45, 7) is 2.09.